The summed E-state index contributed by atoms with van der Waals surface area (Å²) in [5.74, 6) is 1.15. The Bertz CT molecular complexity index is 1230. The molecular weight excluding hydrogens is 450 g/mol. The van der Waals surface area contributed by atoms with E-state index in [0.29, 0.717) is 12.3 Å². The van der Waals surface area contributed by atoms with Crippen LogP contribution in [0.5, 0.6) is 0 Å². The van der Waals surface area contributed by atoms with Gasteiger partial charge < -0.3 is 9.88 Å². The SMILES string of the molecule is CCn1c(SCC(=O)NCCc2ccc(-c3csc(C)n3)cc2)nnc1-c1ccccc1C. The number of amides is 1. The molecule has 0 aliphatic carbocycles. The van der Waals surface area contributed by atoms with Crippen LogP contribution < -0.4 is 5.32 Å². The quantitative estimate of drug-likeness (QED) is 0.337. The molecule has 33 heavy (non-hydrogen) atoms. The number of aryl methyl sites for hydroxylation is 2. The van der Waals surface area contributed by atoms with Gasteiger partial charge in [0.05, 0.1) is 16.5 Å². The highest BCUT2D eigenvalue weighted by Crippen LogP contribution is 2.26. The Labute approximate surface area is 202 Å². The molecule has 6 nitrogen and oxygen atoms in total. The number of carbonyl (C=O) groups excluding carboxylic acids is 1. The Hall–Kier alpha value is -2.97. The Morgan fingerprint density at radius 2 is 1.88 bits per heavy atom. The van der Waals surface area contributed by atoms with Gasteiger partial charge in [0, 0.05) is 29.6 Å². The van der Waals surface area contributed by atoms with Crippen LogP contribution in [0.3, 0.4) is 0 Å². The zero-order chi connectivity index (χ0) is 23.2. The van der Waals surface area contributed by atoms with Crippen LogP contribution in [0.4, 0.5) is 0 Å². The maximum atomic E-state index is 12.4. The van der Waals surface area contributed by atoms with Crippen LogP contribution >= 0.6 is 23.1 Å². The van der Waals surface area contributed by atoms with Crippen LogP contribution in [0.2, 0.25) is 0 Å². The van der Waals surface area contributed by atoms with Gasteiger partial charge in [-0.3, -0.25) is 4.79 Å². The lowest BCUT2D eigenvalue weighted by atomic mass is 10.1. The van der Waals surface area contributed by atoms with Gasteiger partial charge in [-0.1, -0.05) is 60.3 Å². The summed E-state index contributed by atoms with van der Waals surface area (Å²) >= 11 is 3.08. The predicted molar refractivity (Wildman–Crippen MR) is 136 cm³/mol. The van der Waals surface area contributed by atoms with Gasteiger partial charge in [0.1, 0.15) is 0 Å². The van der Waals surface area contributed by atoms with E-state index in [-0.39, 0.29) is 5.91 Å². The molecule has 170 valence electrons. The van der Waals surface area contributed by atoms with Gasteiger partial charge >= 0.3 is 0 Å². The van der Waals surface area contributed by atoms with Crippen molar-refractivity contribution in [1.29, 1.82) is 0 Å². The molecule has 0 radical (unpaired) electrons. The number of rotatable bonds is 9. The minimum absolute atomic E-state index is 0.00216. The smallest absolute Gasteiger partial charge is 0.230 e. The van der Waals surface area contributed by atoms with Gasteiger partial charge in [0.15, 0.2) is 11.0 Å². The summed E-state index contributed by atoms with van der Waals surface area (Å²) < 4.78 is 2.06. The first-order chi connectivity index (χ1) is 16.0. The summed E-state index contributed by atoms with van der Waals surface area (Å²) in [4.78, 5) is 16.9. The zero-order valence-corrected chi connectivity index (χ0v) is 20.7. The van der Waals surface area contributed by atoms with E-state index in [2.05, 4.69) is 80.7 Å². The topological polar surface area (TPSA) is 72.7 Å². The van der Waals surface area contributed by atoms with Crippen molar-refractivity contribution in [2.75, 3.05) is 12.3 Å². The molecule has 0 saturated heterocycles. The molecule has 0 bridgehead atoms. The zero-order valence-electron chi connectivity index (χ0n) is 19.0. The van der Waals surface area contributed by atoms with E-state index >= 15 is 0 Å². The highest BCUT2D eigenvalue weighted by Gasteiger charge is 2.15. The standard InChI is InChI=1S/C25H27N5OS2/c1-4-30-24(21-8-6-5-7-17(21)2)28-29-25(30)33-16-23(31)26-14-13-19-9-11-20(12-10-19)22-15-32-18(3)27-22/h5-12,15H,4,13-14,16H2,1-3H3,(H,26,31). The average Bonchev–Trinajstić information content (AvgIpc) is 3.44. The first-order valence-electron chi connectivity index (χ1n) is 10.9. The van der Waals surface area contributed by atoms with Crippen molar-refractivity contribution in [3.05, 3.63) is 70.0 Å². The molecule has 0 fully saturated rings. The summed E-state index contributed by atoms with van der Waals surface area (Å²) in [5.41, 5.74) is 5.54. The van der Waals surface area contributed by atoms with Crippen LogP contribution in [-0.2, 0) is 17.8 Å². The van der Waals surface area contributed by atoms with E-state index in [0.717, 1.165) is 51.3 Å². The third kappa shape index (κ3) is 5.69. The molecule has 0 atom stereocenters. The Morgan fingerprint density at radius 1 is 1.09 bits per heavy atom. The van der Waals surface area contributed by atoms with Gasteiger partial charge in [-0.05, 0) is 38.3 Å². The third-order valence-corrected chi connectivity index (χ3v) is 7.10. The molecule has 1 N–H and O–H groups in total. The fourth-order valence-electron chi connectivity index (χ4n) is 3.57. The number of nitrogens with one attached hydrogen (secondary N) is 1. The van der Waals surface area contributed by atoms with Crippen molar-refractivity contribution in [3.63, 3.8) is 0 Å². The van der Waals surface area contributed by atoms with Crippen molar-refractivity contribution >= 4 is 29.0 Å². The van der Waals surface area contributed by atoms with Gasteiger partial charge in [-0.2, -0.15) is 0 Å². The normalized spacial score (nSPS) is 11.0. The summed E-state index contributed by atoms with van der Waals surface area (Å²) in [6.45, 7) is 7.49. The number of hydrogen-bond donors (Lipinski definition) is 1. The molecule has 2 heterocycles. The molecular formula is C25H27N5OS2. The lowest BCUT2D eigenvalue weighted by Crippen LogP contribution is -2.27. The molecule has 4 aromatic rings. The van der Waals surface area contributed by atoms with Crippen LogP contribution in [0.15, 0.2) is 59.1 Å². The summed E-state index contributed by atoms with van der Waals surface area (Å²) in [6, 6.07) is 16.5. The van der Waals surface area contributed by atoms with Crippen LogP contribution in [0.25, 0.3) is 22.6 Å². The molecule has 8 heteroatoms. The molecule has 0 spiro atoms. The lowest BCUT2D eigenvalue weighted by molar-refractivity contribution is -0.118. The fourth-order valence-corrected chi connectivity index (χ4v) is 5.02. The van der Waals surface area contributed by atoms with E-state index < -0.39 is 0 Å². The highest BCUT2D eigenvalue weighted by atomic mass is 32.2. The molecule has 2 aromatic heterocycles. The third-order valence-electron chi connectivity index (χ3n) is 5.36. The highest BCUT2D eigenvalue weighted by molar-refractivity contribution is 7.99. The molecule has 0 saturated carbocycles. The van der Waals surface area contributed by atoms with E-state index in [1.54, 1.807) is 11.3 Å². The van der Waals surface area contributed by atoms with E-state index in [1.807, 2.05) is 19.1 Å². The van der Waals surface area contributed by atoms with Crippen LogP contribution in [0.1, 0.15) is 23.1 Å². The second-order valence-corrected chi connectivity index (χ2v) is 9.71. The number of carbonyl (C=O) groups is 1. The second kappa shape index (κ2) is 10.8. The summed E-state index contributed by atoms with van der Waals surface area (Å²) in [6.07, 6.45) is 0.787. The minimum atomic E-state index is -0.00216. The van der Waals surface area contributed by atoms with Crippen molar-refractivity contribution in [1.82, 2.24) is 25.1 Å². The number of nitrogens with zero attached hydrogens (tertiary/aromatic N) is 4. The van der Waals surface area contributed by atoms with Crippen LogP contribution in [-0.4, -0.2) is 38.0 Å². The van der Waals surface area contributed by atoms with Crippen molar-refractivity contribution in [2.24, 2.45) is 0 Å². The number of hydrogen-bond acceptors (Lipinski definition) is 6. The molecule has 0 unspecified atom stereocenters. The lowest BCUT2D eigenvalue weighted by Gasteiger charge is -2.09. The Morgan fingerprint density at radius 3 is 2.58 bits per heavy atom. The van der Waals surface area contributed by atoms with E-state index in [1.165, 1.54) is 17.3 Å². The maximum absolute atomic E-state index is 12.4. The van der Waals surface area contributed by atoms with Crippen molar-refractivity contribution in [3.8, 4) is 22.6 Å². The van der Waals surface area contributed by atoms with Crippen molar-refractivity contribution < 1.29 is 4.79 Å². The Kier molecular flexibility index (Phi) is 7.57. The fraction of sp³-hybridized carbons (Fsp3) is 0.280. The first kappa shape index (κ1) is 23.2. The monoisotopic (exact) mass is 477 g/mol. The molecule has 0 aliphatic heterocycles. The first-order valence-corrected chi connectivity index (χ1v) is 12.8. The van der Waals surface area contributed by atoms with E-state index in [9.17, 15) is 4.79 Å². The molecule has 4 rings (SSSR count). The van der Waals surface area contributed by atoms with E-state index in [4.69, 9.17) is 0 Å². The largest absolute Gasteiger partial charge is 0.355 e. The Balaban J connectivity index is 1.27. The summed E-state index contributed by atoms with van der Waals surface area (Å²) in [5, 5.41) is 15.6. The van der Waals surface area contributed by atoms with Crippen LogP contribution in [0, 0.1) is 13.8 Å². The number of benzene rings is 2. The maximum Gasteiger partial charge on any atom is 0.230 e. The summed E-state index contributed by atoms with van der Waals surface area (Å²) in [7, 11) is 0. The molecule has 2 aromatic carbocycles. The molecule has 0 aliphatic rings. The average molecular weight is 478 g/mol. The van der Waals surface area contributed by atoms with Gasteiger partial charge in [0.2, 0.25) is 5.91 Å². The second-order valence-electron chi connectivity index (χ2n) is 7.70. The van der Waals surface area contributed by atoms with Gasteiger partial charge in [-0.25, -0.2) is 4.98 Å². The molecule has 1 amide bonds. The minimum Gasteiger partial charge on any atom is -0.355 e. The van der Waals surface area contributed by atoms with Crippen molar-refractivity contribution in [2.45, 2.75) is 38.9 Å². The number of thiazole rings is 1. The van der Waals surface area contributed by atoms with Gasteiger partial charge in [0.25, 0.3) is 0 Å². The number of thioether (sulfide) groups is 1. The predicted octanol–water partition coefficient (Wildman–Crippen LogP) is 5.16. The number of aromatic nitrogens is 4. The van der Waals surface area contributed by atoms with Gasteiger partial charge in [-0.15, -0.1) is 21.5 Å².